The first-order valence-electron chi connectivity index (χ1n) is 10.5. The third kappa shape index (κ3) is 6.49. The van der Waals surface area contributed by atoms with Crippen LogP contribution in [0.5, 0.6) is 5.75 Å². The van der Waals surface area contributed by atoms with Crippen LogP contribution >= 0.6 is 11.6 Å². The Balaban J connectivity index is 1.68. The van der Waals surface area contributed by atoms with Crippen LogP contribution in [0.25, 0.3) is 0 Å². The number of nitrogens with zero attached hydrogens (tertiary/aromatic N) is 1. The zero-order chi connectivity index (χ0) is 23.8. The van der Waals surface area contributed by atoms with Crippen molar-refractivity contribution >= 4 is 33.2 Å². The minimum Gasteiger partial charge on any atom is -0.497 e. The molecule has 3 aromatic rings. The number of benzene rings is 3. The SMILES string of the molecule is COc1ccc(CCCNC(=O)CN(c2ccccc2C)S(=O)(=O)c2ccc(Cl)cc2)cc1. The number of ether oxygens (including phenoxy) is 1. The Hall–Kier alpha value is -3.03. The second-order valence-electron chi connectivity index (χ2n) is 7.55. The van der Waals surface area contributed by atoms with Gasteiger partial charge in [-0.2, -0.15) is 0 Å². The highest BCUT2D eigenvalue weighted by Gasteiger charge is 2.28. The topological polar surface area (TPSA) is 75.7 Å². The molecule has 174 valence electrons. The third-order valence-electron chi connectivity index (χ3n) is 5.20. The Kier molecular flexibility index (Phi) is 8.36. The van der Waals surface area contributed by atoms with Gasteiger partial charge in [0.1, 0.15) is 12.3 Å². The molecule has 1 amide bonds. The van der Waals surface area contributed by atoms with Gasteiger partial charge < -0.3 is 10.1 Å². The van der Waals surface area contributed by atoms with Crippen LogP contribution in [-0.2, 0) is 21.2 Å². The van der Waals surface area contributed by atoms with Gasteiger partial charge in [-0.1, -0.05) is 41.9 Å². The molecule has 0 saturated heterocycles. The highest BCUT2D eigenvalue weighted by Crippen LogP contribution is 2.27. The van der Waals surface area contributed by atoms with Gasteiger partial charge in [-0.25, -0.2) is 8.42 Å². The molecule has 0 aliphatic heterocycles. The zero-order valence-electron chi connectivity index (χ0n) is 18.6. The summed E-state index contributed by atoms with van der Waals surface area (Å²) in [5.41, 5.74) is 2.35. The summed E-state index contributed by atoms with van der Waals surface area (Å²) in [6.07, 6.45) is 1.52. The lowest BCUT2D eigenvalue weighted by molar-refractivity contribution is -0.119. The second-order valence-corrected chi connectivity index (χ2v) is 9.85. The fourth-order valence-corrected chi connectivity index (χ4v) is 4.99. The molecule has 0 radical (unpaired) electrons. The van der Waals surface area contributed by atoms with E-state index < -0.39 is 10.0 Å². The molecule has 0 aliphatic rings. The molecule has 1 N–H and O–H groups in total. The molecular weight excluding hydrogens is 460 g/mol. The van der Waals surface area contributed by atoms with Crippen molar-refractivity contribution in [2.75, 3.05) is 24.5 Å². The second kappa shape index (κ2) is 11.2. The Morgan fingerprint density at radius 1 is 1.00 bits per heavy atom. The quantitative estimate of drug-likeness (QED) is 0.425. The molecule has 0 atom stereocenters. The van der Waals surface area contributed by atoms with E-state index in [1.807, 2.05) is 43.3 Å². The van der Waals surface area contributed by atoms with Crippen molar-refractivity contribution in [1.82, 2.24) is 5.32 Å². The molecule has 0 fully saturated rings. The van der Waals surface area contributed by atoms with Crippen molar-refractivity contribution < 1.29 is 17.9 Å². The van der Waals surface area contributed by atoms with Crippen molar-refractivity contribution in [3.63, 3.8) is 0 Å². The number of halogens is 1. The number of rotatable bonds is 10. The standard InChI is InChI=1S/C25H27ClN2O4S/c1-19-6-3-4-8-24(19)28(33(30,31)23-15-11-21(26)12-16-23)18-25(29)27-17-5-7-20-9-13-22(32-2)14-10-20/h3-4,6,8-16H,5,7,17-18H2,1-2H3,(H,27,29). The number of para-hydroxylation sites is 1. The normalized spacial score (nSPS) is 11.1. The molecule has 0 spiro atoms. The number of aryl methyl sites for hydroxylation is 2. The molecule has 0 bridgehead atoms. The summed E-state index contributed by atoms with van der Waals surface area (Å²) in [4.78, 5) is 12.8. The molecule has 8 heteroatoms. The highest BCUT2D eigenvalue weighted by molar-refractivity contribution is 7.92. The van der Waals surface area contributed by atoms with E-state index in [9.17, 15) is 13.2 Å². The number of nitrogens with one attached hydrogen (secondary N) is 1. The predicted octanol–water partition coefficient (Wildman–Crippen LogP) is 4.60. The predicted molar refractivity (Wildman–Crippen MR) is 131 cm³/mol. The first-order chi connectivity index (χ1) is 15.8. The lowest BCUT2D eigenvalue weighted by Crippen LogP contribution is -2.41. The Morgan fingerprint density at radius 2 is 1.67 bits per heavy atom. The largest absolute Gasteiger partial charge is 0.497 e. The van der Waals surface area contributed by atoms with E-state index in [-0.39, 0.29) is 17.3 Å². The molecule has 6 nitrogen and oxygen atoms in total. The molecular formula is C25H27ClN2O4S. The van der Waals surface area contributed by atoms with Crippen molar-refractivity contribution in [3.05, 3.63) is 88.9 Å². The van der Waals surface area contributed by atoms with Crippen molar-refractivity contribution in [2.45, 2.75) is 24.7 Å². The van der Waals surface area contributed by atoms with E-state index in [0.29, 0.717) is 17.3 Å². The molecule has 0 saturated carbocycles. The number of sulfonamides is 1. The minimum atomic E-state index is -3.97. The summed E-state index contributed by atoms with van der Waals surface area (Å²) in [7, 11) is -2.34. The molecule has 3 aromatic carbocycles. The van der Waals surface area contributed by atoms with E-state index >= 15 is 0 Å². The number of carbonyl (C=O) groups excluding carboxylic acids is 1. The van der Waals surface area contributed by atoms with Gasteiger partial charge in [-0.05, 0) is 73.4 Å². The van der Waals surface area contributed by atoms with Crippen LogP contribution < -0.4 is 14.4 Å². The van der Waals surface area contributed by atoms with Crippen LogP contribution in [0.4, 0.5) is 5.69 Å². The van der Waals surface area contributed by atoms with E-state index in [4.69, 9.17) is 16.3 Å². The van der Waals surface area contributed by atoms with E-state index in [0.717, 1.165) is 34.0 Å². The van der Waals surface area contributed by atoms with Crippen molar-refractivity contribution in [1.29, 1.82) is 0 Å². The Bertz CT molecular complexity index is 1180. The number of anilines is 1. The lowest BCUT2D eigenvalue weighted by Gasteiger charge is -2.25. The minimum absolute atomic E-state index is 0.0717. The van der Waals surface area contributed by atoms with Gasteiger partial charge in [0.05, 0.1) is 17.7 Å². The number of hydrogen-bond acceptors (Lipinski definition) is 4. The molecule has 33 heavy (non-hydrogen) atoms. The van der Waals surface area contributed by atoms with Crippen LogP contribution in [0.15, 0.2) is 77.7 Å². The average Bonchev–Trinajstić information content (AvgIpc) is 2.81. The van der Waals surface area contributed by atoms with Gasteiger partial charge in [0.25, 0.3) is 10.0 Å². The van der Waals surface area contributed by atoms with E-state index in [2.05, 4.69) is 5.32 Å². The van der Waals surface area contributed by atoms with E-state index in [1.165, 1.54) is 24.3 Å². The molecule has 0 unspecified atom stereocenters. The van der Waals surface area contributed by atoms with Crippen LogP contribution in [0.1, 0.15) is 17.5 Å². The monoisotopic (exact) mass is 486 g/mol. The van der Waals surface area contributed by atoms with Crippen LogP contribution in [0.2, 0.25) is 5.02 Å². The third-order valence-corrected chi connectivity index (χ3v) is 7.22. The molecule has 0 aliphatic carbocycles. The summed E-state index contributed by atoms with van der Waals surface area (Å²) in [6.45, 7) is 1.93. The Labute approximate surface area is 200 Å². The van der Waals surface area contributed by atoms with Crippen LogP contribution in [-0.4, -0.2) is 34.5 Å². The van der Waals surface area contributed by atoms with Gasteiger partial charge in [-0.15, -0.1) is 0 Å². The average molecular weight is 487 g/mol. The van der Waals surface area contributed by atoms with Gasteiger partial charge in [0, 0.05) is 11.6 Å². The first-order valence-corrected chi connectivity index (χ1v) is 12.4. The van der Waals surface area contributed by atoms with Gasteiger partial charge >= 0.3 is 0 Å². The summed E-state index contributed by atoms with van der Waals surface area (Å²) in [6, 6.07) is 20.8. The summed E-state index contributed by atoms with van der Waals surface area (Å²) >= 11 is 5.92. The molecule has 0 aromatic heterocycles. The van der Waals surface area contributed by atoms with Crippen LogP contribution in [0, 0.1) is 6.92 Å². The summed E-state index contributed by atoms with van der Waals surface area (Å²) < 4.78 is 33.1. The number of carbonyl (C=O) groups is 1. The summed E-state index contributed by atoms with van der Waals surface area (Å²) in [5, 5.41) is 3.27. The maximum absolute atomic E-state index is 13.4. The fourth-order valence-electron chi connectivity index (χ4n) is 3.38. The van der Waals surface area contributed by atoms with E-state index in [1.54, 1.807) is 19.2 Å². The Morgan fingerprint density at radius 3 is 2.30 bits per heavy atom. The molecule has 3 rings (SSSR count). The van der Waals surface area contributed by atoms with Gasteiger partial charge in [0.15, 0.2) is 0 Å². The van der Waals surface area contributed by atoms with Crippen molar-refractivity contribution in [2.24, 2.45) is 0 Å². The highest BCUT2D eigenvalue weighted by atomic mass is 35.5. The molecule has 0 heterocycles. The lowest BCUT2D eigenvalue weighted by atomic mass is 10.1. The maximum atomic E-state index is 13.4. The zero-order valence-corrected chi connectivity index (χ0v) is 20.2. The fraction of sp³-hybridized carbons (Fsp3) is 0.240. The number of hydrogen-bond donors (Lipinski definition) is 1. The van der Waals surface area contributed by atoms with Crippen LogP contribution in [0.3, 0.4) is 0 Å². The maximum Gasteiger partial charge on any atom is 0.264 e. The van der Waals surface area contributed by atoms with Gasteiger partial charge in [0.2, 0.25) is 5.91 Å². The smallest absolute Gasteiger partial charge is 0.264 e. The first kappa shape index (κ1) is 24.6. The summed E-state index contributed by atoms with van der Waals surface area (Å²) in [5.74, 6) is 0.427. The number of amides is 1. The van der Waals surface area contributed by atoms with Gasteiger partial charge in [-0.3, -0.25) is 9.10 Å². The van der Waals surface area contributed by atoms with Crippen molar-refractivity contribution in [3.8, 4) is 5.75 Å². The number of methoxy groups -OCH3 is 1.